The third kappa shape index (κ3) is 4.20. The molecule has 1 unspecified atom stereocenters. The molecule has 0 aliphatic carbocycles. The molecule has 1 aromatic carbocycles. The number of aromatic nitrogens is 2. The lowest BCUT2D eigenvalue weighted by atomic mass is 9.87. The summed E-state index contributed by atoms with van der Waals surface area (Å²) >= 11 is 0. The molecule has 1 aliphatic heterocycles. The number of amides is 2. The third-order valence-electron chi connectivity index (χ3n) is 4.54. The van der Waals surface area contributed by atoms with Crippen LogP contribution in [0, 0.1) is 18.2 Å². The molecule has 3 rings (SSSR count). The van der Waals surface area contributed by atoms with Crippen molar-refractivity contribution in [1.82, 2.24) is 14.9 Å². The highest BCUT2D eigenvalue weighted by Crippen LogP contribution is 2.35. The van der Waals surface area contributed by atoms with Crippen molar-refractivity contribution in [2.24, 2.45) is 10.7 Å². The molecule has 1 aromatic heterocycles. The van der Waals surface area contributed by atoms with Crippen molar-refractivity contribution < 1.29 is 18.7 Å². The van der Waals surface area contributed by atoms with E-state index in [1.165, 1.54) is 42.5 Å². The van der Waals surface area contributed by atoms with E-state index < -0.39 is 17.3 Å². The monoisotopic (exact) mass is 410 g/mol. The molecule has 2 amide bonds. The number of carbonyl (C=O) groups is 2. The van der Waals surface area contributed by atoms with Crippen LogP contribution in [0.15, 0.2) is 35.6 Å². The first kappa shape index (κ1) is 20.7. The Labute approximate surface area is 172 Å². The van der Waals surface area contributed by atoms with Crippen LogP contribution in [0.5, 0.6) is 5.88 Å². The van der Waals surface area contributed by atoms with Gasteiger partial charge in [-0.25, -0.2) is 19.4 Å². The number of guanidine groups is 1. The number of halogens is 1. The van der Waals surface area contributed by atoms with E-state index in [9.17, 15) is 14.0 Å². The summed E-state index contributed by atoms with van der Waals surface area (Å²) in [5.41, 5.74) is 5.05. The van der Waals surface area contributed by atoms with Gasteiger partial charge < -0.3 is 15.8 Å². The summed E-state index contributed by atoms with van der Waals surface area (Å²) in [6, 6.07) is 4.00. The number of terminal acetylenes is 1. The molecular weight excluding hydrogens is 391 g/mol. The molecule has 0 fully saturated rings. The van der Waals surface area contributed by atoms with Crippen molar-refractivity contribution in [3.63, 3.8) is 0 Å². The van der Waals surface area contributed by atoms with Gasteiger partial charge in [0.1, 0.15) is 11.5 Å². The molecule has 0 spiro atoms. The standard InChI is InChI=1S/C20H19FN6O3/c1-4-7-30-16-11-23-15(10-24-16)18(29)25-12-5-6-14(21)13(8-12)20(2)9-17(28)27(3)19(22)26-20/h1,5-6,8,10-11H,7,9H2,2-3H3,(H2,22,26)(H,25,29). The largest absolute Gasteiger partial charge is 0.463 e. The van der Waals surface area contributed by atoms with Gasteiger partial charge in [-0.05, 0) is 25.1 Å². The van der Waals surface area contributed by atoms with Crippen LogP contribution in [0.25, 0.3) is 0 Å². The second kappa shape index (κ2) is 8.16. The van der Waals surface area contributed by atoms with Crippen molar-refractivity contribution in [2.45, 2.75) is 18.9 Å². The minimum absolute atomic E-state index is 0.00925. The van der Waals surface area contributed by atoms with E-state index in [-0.39, 0.29) is 42.0 Å². The van der Waals surface area contributed by atoms with E-state index in [2.05, 4.69) is 26.2 Å². The Morgan fingerprint density at radius 3 is 2.83 bits per heavy atom. The average molecular weight is 410 g/mol. The first-order valence-corrected chi connectivity index (χ1v) is 8.85. The molecule has 0 saturated carbocycles. The van der Waals surface area contributed by atoms with Crippen molar-refractivity contribution in [2.75, 3.05) is 19.0 Å². The second-order valence-electron chi connectivity index (χ2n) is 6.75. The first-order valence-electron chi connectivity index (χ1n) is 8.85. The van der Waals surface area contributed by atoms with Crippen LogP contribution in [0.4, 0.5) is 10.1 Å². The topological polar surface area (TPSA) is 123 Å². The van der Waals surface area contributed by atoms with Gasteiger partial charge in [-0.1, -0.05) is 5.92 Å². The van der Waals surface area contributed by atoms with Gasteiger partial charge in [0, 0.05) is 18.3 Å². The lowest BCUT2D eigenvalue weighted by Gasteiger charge is -2.34. The summed E-state index contributed by atoms with van der Waals surface area (Å²) in [5, 5.41) is 2.62. The molecule has 0 bridgehead atoms. The van der Waals surface area contributed by atoms with Gasteiger partial charge in [-0.2, -0.15) is 0 Å². The van der Waals surface area contributed by atoms with Gasteiger partial charge in [0.05, 0.1) is 24.4 Å². The fourth-order valence-electron chi connectivity index (χ4n) is 2.90. The summed E-state index contributed by atoms with van der Waals surface area (Å²) in [4.78, 5) is 38.0. The van der Waals surface area contributed by atoms with E-state index in [4.69, 9.17) is 16.9 Å². The van der Waals surface area contributed by atoms with Gasteiger partial charge in [0.15, 0.2) is 12.6 Å². The minimum atomic E-state index is -1.20. The number of aliphatic imine (C=N–C) groups is 1. The van der Waals surface area contributed by atoms with E-state index in [0.717, 1.165) is 0 Å². The molecule has 10 heteroatoms. The first-order chi connectivity index (χ1) is 14.2. The van der Waals surface area contributed by atoms with Crippen LogP contribution in [-0.4, -0.2) is 46.3 Å². The van der Waals surface area contributed by atoms with Crippen molar-refractivity contribution in [3.05, 3.63) is 47.7 Å². The summed E-state index contributed by atoms with van der Waals surface area (Å²) in [6.07, 6.45) is 7.53. The maximum Gasteiger partial charge on any atom is 0.275 e. The molecule has 0 radical (unpaired) electrons. The highest BCUT2D eigenvalue weighted by molar-refractivity contribution is 6.03. The number of anilines is 1. The van der Waals surface area contributed by atoms with Crippen LogP contribution in [-0.2, 0) is 10.3 Å². The zero-order valence-corrected chi connectivity index (χ0v) is 16.3. The lowest BCUT2D eigenvalue weighted by molar-refractivity contribution is -0.128. The fraction of sp³-hybridized carbons (Fsp3) is 0.250. The van der Waals surface area contributed by atoms with E-state index in [1.807, 2.05) is 0 Å². The van der Waals surface area contributed by atoms with Gasteiger partial charge in [-0.15, -0.1) is 6.42 Å². The average Bonchev–Trinajstić information content (AvgIpc) is 2.72. The Morgan fingerprint density at radius 2 is 2.20 bits per heavy atom. The Bertz CT molecular complexity index is 1060. The van der Waals surface area contributed by atoms with Crippen LogP contribution in [0.2, 0.25) is 0 Å². The Hall–Kier alpha value is -4.00. The van der Waals surface area contributed by atoms with Crippen molar-refractivity contribution >= 4 is 23.5 Å². The number of nitrogens with two attached hydrogens (primary N) is 1. The molecule has 0 saturated heterocycles. The minimum Gasteiger partial charge on any atom is -0.463 e. The zero-order chi connectivity index (χ0) is 21.9. The second-order valence-corrected chi connectivity index (χ2v) is 6.75. The van der Waals surface area contributed by atoms with Crippen LogP contribution in [0.1, 0.15) is 29.4 Å². The van der Waals surface area contributed by atoms with Crippen molar-refractivity contribution in [3.8, 4) is 18.2 Å². The van der Waals surface area contributed by atoms with E-state index >= 15 is 0 Å². The number of benzene rings is 1. The number of nitrogens with one attached hydrogen (secondary N) is 1. The summed E-state index contributed by atoms with van der Waals surface area (Å²) in [5.74, 6) is 1.05. The molecule has 3 N–H and O–H groups in total. The molecule has 154 valence electrons. The molecule has 1 aliphatic rings. The van der Waals surface area contributed by atoms with Gasteiger partial charge in [0.25, 0.3) is 5.91 Å². The van der Waals surface area contributed by atoms with Crippen LogP contribution in [0.3, 0.4) is 0 Å². The smallest absolute Gasteiger partial charge is 0.275 e. The highest BCUT2D eigenvalue weighted by Gasteiger charge is 2.38. The fourth-order valence-corrected chi connectivity index (χ4v) is 2.90. The highest BCUT2D eigenvalue weighted by atomic mass is 19.1. The third-order valence-corrected chi connectivity index (χ3v) is 4.54. The SMILES string of the molecule is C#CCOc1cnc(C(=O)Nc2ccc(F)c(C3(C)CC(=O)N(C)C(N)=N3)c2)cn1. The number of nitrogens with zero attached hydrogens (tertiary/aromatic N) is 4. The number of rotatable bonds is 5. The molecular formula is C20H19FN6O3. The quantitative estimate of drug-likeness (QED) is 0.716. The normalized spacial score (nSPS) is 18.4. The molecule has 1 atom stereocenters. The molecule has 30 heavy (non-hydrogen) atoms. The number of hydrogen-bond donors (Lipinski definition) is 2. The van der Waals surface area contributed by atoms with E-state index in [0.29, 0.717) is 5.69 Å². The van der Waals surface area contributed by atoms with Crippen molar-refractivity contribution in [1.29, 1.82) is 0 Å². The number of ether oxygens (including phenoxy) is 1. The Kier molecular flexibility index (Phi) is 5.64. The lowest BCUT2D eigenvalue weighted by Crippen LogP contribution is -2.47. The summed E-state index contributed by atoms with van der Waals surface area (Å²) < 4.78 is 19.7. The maximum absolute atomic E-state index is 14.6. The maximum atomic E-state index is 14.6. The van der Waals surface area contributed by atoms with Gasteiger partial charge >= 0.3 is 0 Å². The Morgan fingerprint density at radius 1 is 1.43 bits per heavy atom. The summed E-state index contributed by atoms with van der Waals surface area (Å²) in [7, 11) is 1.50. The number of hydrogen-bond acceptors (Lipinski definition) is 7. The molecule has 2 aromatic rings. The van der Waals surface area contributed by atoms with Crippen LogP contribution >= 0.6 is 0 Å². The van der Waals surface area contributed by atoms with E-state index in [1.54, 1.807) is 6.92 Å². The predicted octanol–water partition coefficient (Wildman–Crippen LogP) is 1.27. The zero-order valence-electron chi connectivity index (χ0n) is 16.3. The molecule has 2 heterocycles. The summed E-state index contributed by atoms with van der Waals surface area (Å²) in [6.45, 7) is 1.64. The Balaban J connectivity index is 1.83. The number of carbonyl (C=O) groups excluding carboxylic acids is 2. The van der Waals surface area contributed by atoms with Gasteiger partial charge in [-0.3, -0.25) is 14.5 Å². The van der Waals surface area contributed by atoms with Crippen LogP contribution < -0.4 is 15.8 Å². The van der Waals surface area contributed by atoms with Gasteiger partial charge in [0.2, 0.25) is 11.8 Å². The molecule has 9 nitrogen and oxygen atoms in total. The predicted molar refractivity (Wildman–Crippen MR) is 107 cm³/mol.